The van der Waals surface area contributed by atoms with Gasteiger partial charge in [-0.2, -0.15) is 0 Å². The van der Waals surface area contributed by atoms with Crippen molar-refractivity contribution >= 4 is 33.7 Å². The standard InChI is InChI=1S/C11H8BrNO4/c12-8-3-1-7(2-4-8)9(14)10(15)13-5-6-17-11(13)16/h1-4H,5-6H2. The van der Waals surface area contributed by atoms with Crippen LogP contribution in [-0.4, -0.2) is 35.8 Å². The predicted molar refractivity (Wildman–Crippen MR) is 61.5 cm³/mol. The van der Waals surface area contributed by atoms with Gasteiger partial charge in [-0.25, -0.2) is 9.69 Å². The molecule has 1 aromatic rings. The molecule has 0 aromatic heterocycles. The molecule has 1 heterocycles. The summed E-state index contributed by atoms with van der Waals surface area (Å²) in [4.78, 5) is 35.4. The van der Waals surface area contributed by atoms with E-state index < -0.39 is 17.8 Å². The highest BCUT2D eigenvalue weighted by molar-refractivity contribution is 9.10. The Kier molecular flexibility index (Phi) is 3.23. The number of benzene rings is 1. The molecule has 0 bridgehead atoms. The number of carbonyl (C=O) groups is 3. The fourth-order valence-electron chi connectivity index (χ4n) is 1.43. The number of imide groups is 1. The zero-order valence-electron chi connectivity index (χ0n) is 8.68. The van der Waals surface area contributed by atoms with Gasteiger partial charge in [0.05, 0.1) is 6.54 Å². The first kappa shape index (κ1) is 11.8. The Balaban J connectivity index is 2.17. The van der Waals surface area contributed by atoms with Gasteiger partial charge in [0.25, 0.3) is 5.78 Å². The number of halogens is 1. The zero-order valence-corrected chi connectivity index (χ0v) is 10.3. The molecular formula is C11H8BrNO4. The van der Waals surface area contributed by atoms with Gasteiger partial charge in [-0.15, -0.1) is 0 Å². The topological polar surface area (TPSA) is 63.7 Å². The quantitative estimate of drug-likeness (QED) is 0.614. The molecule has 0 aliphatic carbocycles. The lowest BCUT2D eigenvalue weighted by atomic mass is 10.1. The lowest BCUT2D eigenvalue weighted by molar-refractivity contribution is -0.123. The average molecular weight is 298 g/mol. The number of nitrogens with zero attached hydrogens (tertiary/aromatic N) is 1. The van der Waals surface area contributed by atoms with Crippen molar-refractivity contribution in [2.45, 2.75) is 0 Å². The molecule has 0 radical (unpaired) electrons. The summed E-state index contributed by atoms with van der Waals surface area (Å²) in [7, 11) is 0. The maximum absolute atomic E-state index is 11.8. The summed E-state index contributed by atoms with van der Waals surface area (Å²) in [5.41, 5.74) is 0.248. The average Bonchev–Trinajstić information content (AvgIpc) is 2.74. The molecule has 0 spiro atoms. The third-order valence-corrected chi connectivity index (χ3v) is 2.84. The van der Waals surface area contributed by atoms with E-state index in [-0.39, 0.29) is 18.7 Å². The Morgan fingerprint density at radius 3 is 2.41 bits per heavy atom. The maximum Gasteiger partial charge on any atom is 0.417 e. The van der Waals surface area contributed by atoms with Gasteiger partial charge in [0, 0.05) is 10.0 Å². The Labute approximate surface area is 105 Å². The SMILES string of the molecule is O=C(C(=O)N1CCOC1=O)c1ccc(Br)cc1. The van der Waals surface area contributed by atoms with Gasteiger partial charge in [0.1, 0.15) is 6.61 Å². The zero-order chi connectivity index (χ0) is 12.4. The summed E-state index contributed by atoms with van der Waals surface area (Å²) in [6.45, 7) is 0.262. The summed E-state index contributed by atoms with van der Waals surface area (Å²) in [5.74, 6) is -1.56. The van der Waals surface area contributed by atoms with Gasteiger partial charge in [-0.1, -0.05) is 15.9 Å². The minimum Gasteiger partial charge on any atom is -0.447 e. The van der Waals surface area contributed by atoms with Crippen LogP contribution in [0.2, 0.25) is 0 Å². The smallest absolute Gasteiger partial charge is 0.417 e. The molecule has 0 atom stereocenters. The predicted octanol–water partition coefficient (Wildman–Crippen LogP) is 1.61. The van der Waals surface area contributed by atoms with Gasteiger partial charge < -0.3 is 4.74 Å². The highest BCUT2D eigenvalue weighted by Gasteiger charge is 2.33. The second-order valence-electron chi connectivity index (χ2n) is 3.41. The van der Waals surface area contributed by atoms with Crippen LogP contribution in [0.1, 0.15) is 10.4 Å². The number of ketones is 1. The molecule has 0 N–H and O–H groups in total. The number of cyclic esters (lactones) is 1. The van der Waals surface area contributed by atoms with E-state index in [1.165, 1.54) is 12.1 Å². The fraction of sp³-hybridized carbons (Fsp3) is 0.182. The van der Waals surface area contributed by atoms with E-state index in [4.69, 9.17) is 0 Å². The number of carbonyl (C=O) groups excluding carboxylic acids is 3. The maximum atomic E-state index is 11.8. The minimum absolute atomic E-state index is 0.125. The molecule has 2 rings (SSSR count). The molecule has 0 saturated carbocycles. The second kappa shape index (κ2) is 4.67. The van der Waals surface area contributed by atoms with Gasteiger partial charge in [0.15, 0.2) is 0 Å². The normalized spacial score (nSPS) is 14.6. The van der Waals surface area contributed by atoms with Crippen LogP contribution in [0.25, 0.3) is 0 Å². The Bertz CT molecular complexity index is 483. The third-order valence-electron chi connectivity index (χ3n) is 2.31. The molecular weight excluding hydrogens is 290 g/mol. The third kappa shape index (κ3) is 2.36. The molecule has 6 heteroatoms. The highest BCUT2D eigenvalue weighted by Crippen LogP contribution is 2.13. The van der Waals surface area contributed by atoms with Crippen LogP contribution < -0.4 is 0 Å². The molecule has 1 fully saturated rings. The Morgan fingerprint density at radius 2 is 1.88 bits per heavy atom. The number of Topliss-reactive ketones (excluding diaryl/α,β-unsaturated/α-hetero) is 1. The number of ether oxygens (including phenoxy) is 1. The van der Waals surface area contributed by atoms with Crippen molar-refractivity contribution in [2.24, 2.45) is 0 Å². The van der Waals surface area contributed by atoms with E-state index in [1.807, 2.05) is 0 Å². The van der Waals surface area contributed by atoms with E-state index in [2.05, 4.69) is 20.7 Å². The Morgan fingerprint density at radius 1 is 1.24 bits per heavy atom. The number of hydrogen-bond acceptors (Lipinski definition) is 4. The summed E-state index contributed by atoms with van der Waals surface area (Å²) >= 11 is 3.23. The summed E-state index contributed by atoms with van der Waals surface area (Å²) in [6, 6.07) is 6.35. The first-order chi connectivity index (χ1) is 8.09. The van der Waals surface area contributed by atoms with Gasteiger partial charge >= 0.3 is 12.0 Å². The van der Waals surface area contributed by atoms with Crippen LogP contribution in [0.4, 0.5) is 4.79 Å². The molecule has 2 amide bonds. The highest BCUT2D eigenvalue weighted by atomic mass is 79.9. The van der Waals surface area contributed by atoms with Crippen LogP contribution in [0.3, 0.4) is 0 Å². The second-order valence-corrected chi connectivity index (χ2v) is 4.32. The van der Waals surface area contributed by atoms with E-state index in [0.29, 0.717) is 0 Å². The molecule has 1 aliphatic rings. The van der Waals surface area contributed by atoms with Crippen LogP contribution in [0.15, 0.2) is 28.7 Å². The first-order valence-corrected chi connectivity index (χ1v) is 5.67. The Hall–Kier alpha value is -1.69. The number of rotatable bonds is 2. The van der Waals surface area contributed by atoms with Gasteiger partial charge in [-0.05, 0) is 24.3 Å². The van der Waals surface area contributed by atoms with Crippen molar-refractivity contribution in [1.82, 2.24) is 4.90 Å². The summed E-state index contributed by atoms with van der Waals surface area (Å²) in [6.07, 6.45) is -0.763. The fourth-order valence-corrected chi connectivity index (χ4v) is 1.69. The molecule has 1 aliphatic heterocycles. The molecule has 88 valence electrons. The van der Waals surface area contributed by atoms with Gasteiger partial charge in [0.2, 0.25) is 0 Å². The van der Waals surface area contributed by atoms with Crippen molar-refractivity contribution in [1.29, 1.82) is 0 Å². The van der Waals surface area contributed by atoms with Crippen LogP contribution in [0.5, 0.6) is 0 Å². The van der Waals surface area contributed by atoms with Crippen molar-refractivity contribution in [3.05, 3.63) is 34.3 Å². The molecule has 5 nitrogen and oxygen atoms in total. The van der Waals surface area contributed by atoms with Crippen molar-refractivity contribution in [3.63, 3.8) is 0 Å². The monoisotopic (exact) mass is 297 g/mol. The lowest BCUT2D eigenvalue weighted by Gasteiger charge is -2.09. The van der Waals surface area contributed by atoms with E-state index in [0.717, 1.165) is 9.37 Å². The minimum atomic E-state index is -0.852. The molecule has 1 saturated heterocycles. The van der Waals surface area contributed by atoms with Crippen LogP contribution in [0, 0.1) is 0 Å². The number of hydrogen-bond donors (Lipinski definition) is 0. The summed E-state index contributed by atoms with van der Waals surface area (Å²) < 4.78 is 5.41. The molecule has 1 aromatic carbocycles. The van der Waals surface area contributed by atoms with E-state index >= 15 is 0 Å². The van der Waals surface area contributed by atoms with Crippen molar-refractivity contribution < 1.29 is 19.1 Å². The summed E-state index contributed by atoms with van der Waals surface area (Å²) in [5, 5.41) is 0. The molecule has 0 unspecified atom stereocenters. The number of amides is 2. The van der Waals surface area contributed by atoms with Gasteiger partial charge in [-0.3, -0.25) is 9.59 Å². The van der Waals surface area contributed by atoms with E-state index in [9.17, 15) is 14.4 Å². The van der Waals surface area contributed by atoms with Crippen LogP contribution in [-0.2, 0) is 9.53 Å². The lowest BCUT2D eigenvalue weighted by Crippen LogP contribution is -2.37. The largest absolute Gasteiger partial charge is 0.447 e. The van der Waals surface area contributed by atoms with Crippen molar-refractivity contribution in [2.75, 3.05) is 13.2 Å². The van der Waals surface area contributed by atoms with Crippen molar-refractivity contribution in [3.8, 4) is 0 Å². The van der Waals surface area contributed by atoms with Crippen LogP contribution >= 0.6 is 15.9 Å². The van der Waals surface area contributed by atoms with E-state index in [1.54, 1.807) is 12.1 Å². The molecule has 17 heavy (non-hydrogen) atoms. The first-order valence-electron chi connectivity index (χ1n) is 4.88.